The van der Waals surface area contributed by atoms with Gasteiger partial charge in [0.2, 0.25) is 0 Å². The summed E-state index contributed by atoms with van der Waals surface area (Å²) in [5, 5.41) is 6.57. The molecule has 0 unspecified atom stereocenters. The highest BCUT2D eigenvalue weighted by Crippen LogP contribution is 2.26. The number of hydrogen-bond donors (Lipinski definition) is 2. The molecule has 0 radical (unpaired) electrons. The lowest BCUT2D eigenvalue weighted by Crippen LogP contribution is -2.40. The number of rotatable bonds is 6. The maximum Gasteiger partial charge on any atom is 0.252 e. The first kappa shape index (κ1) is 17.7. The van der Waals surface area contributed by atoms with Gasteiger partial charge in [0.05, 0.1) is 19.8 Å². The van der Waals surface area contributed by atoms with Crippen LogP contribution in [0, 0.1) is 0 Å². The SMILES string of the molecule is CCNC(=NCc1ccc(S(=O)(=O)N2CCOCC2)s1)NC1CC1. The number of guanidine groups is 1. The van der Waals surface area contributed by atoms with Crippen molar-refractivity contribution in [2.24, 2.45) is 4.99 Å². The minimum atomic E-state index is -3.41. The number of aliphatic imine (C=N–C) groups is 1. The molecule has 1 aromatic heterocycles. The number of thiophene rings is 1. The van der Waals surface area contributed by atoms with Gasteiger partial charge in [0.15, 0.2) is 5.96 Å². The van der Waals surface area contributed by atoms with Crippen molar-refractivity contribution in [3.63, 3.8) is 0 Å². The summed E-state index contributed by atoms with van der Waals surface area (Å²) < 4.78 is 32.3. The molecule has 2 N–H and O–H groups in total. The minimum Gasteiger partial charge on any atom is -0.379 e. The topological polar surface area (TPSA) is 83.0 Å². The van der Waals surface area contributed by atoms with Crippen molar-refractivity contribution < 1.29 is 13.2 Å². The van der Waals surface area contributed by atoms with Crippen LogP contribution in [0.1, 0.15) is 24.6 Å². The van der Waals surface area contributed by atoms with Gasteiger partial charge in [0.1, 0.15) is 4.21 Å². The van der Waals surface area contributed by atoms with Crippen molar-refractivity contribution in [2.75, 3.05) is 32.8 Å². The summed E-state index contributed by atoms with van der Waals surface area (Å²) in [7, 11) is -3.41. The Morgan fingerprint density at radius 1 is 1.38 bits per heavy atom. The fourth-order valence-corrected chi connectivity index (χ4v) is 5.24. The average molecular weight is 373 g/mol. The lowest BCUT2D eigenvalue weighted by atomic mass is 10.5. The Bertz CT molecular complexity index is 677. The molecule has 7 nitrogen and oxygen atoms in total. The second kappa shape index (κ2) is 7.81. The Morgan fingerprint density at radius 3 is 2.79 bits per heavy atom. The molecule has 2 aliphatic rings. The van der Waals surface area contributed by atoms with Crippen molar-refractivity contribution >= 4 is 27.3 Å². The first-order chi connectivity index (χ1) is 11.6. The molecule has 3 rings (SSSR count). The first-order valence-electron chi connectivity index (χ1n) is 8.31. The molecule has 0 atom stereocenters. The fraction of sp³-hybridized carbons (Fsp3) is 0.667. The maximum absolute atomic E-state index is 12.6. The molecule has 0 amide bonds. The highest BCUT2D eigenvalue weighted by Gasteiger charge is 2.27. The third kappa shape index (κ3) is 4.47. The molecule has 0 aromatic carbocycles. The molecule has 134 valence electrons. The van der Waals surface area contributed by atoms with E-state index >= 15 is 0 Å². The second-order valence-corrected chi connectivity index (χ2v) is 9.18. The molecule has 24 heavy (non-hydrogen) atoms. The van der Waals surface area contributed by atoms with E-state index in [1.54, 1.807) is 6.07 Å². The normalized spacial score (nSPS) is 20.1. The number of sulfonamides is 1. The van der Waals surface area contributed by atoms with Crippen LogP contribution >= 0.6 is 11.3 Å². The Balaban J connectivity index is 1.65. The standard InChI is InChI=1S/C15H24N4O3S2/c1-2-16-15(18-12-3-4-12)17-11-13-5-6-14(23-13)24(20,21)19-7-9-22-10-8-19/h5-6,12H,2-4,7-11H2,1H3,(H2,16,17,18). The predicted molar refractivity (Wildman–Crippen MR) is 94.9 cm³/mol. The molecular weight excluding hydrogens is 348 g/mol. The summed E-state index contributed by atoms with van der Waals surface area (Å²) in [5.41, 5.74) is 0. The van der Waals surface area contributed by atoms with Gasteiger partial charge in [-0.2, -0.15) is 4.31 Å². The molecule has 0 bridgehead atoms. The van der Waals surface area contributed by atoms with Gasteiger partial charge < -0.3 is 15.4 Å². The number of morpholine rings is 1. The van der Waals surface area contributed by atoms with Gasteiger partial charge in [0.25, 0.3) is 10.0 Å². The van der Waals surface area contributed by atoms with E-state index in [1.807, 2.05) is 13.0 Å². The van der Waals surface area contributed by atoms with Crippen LogP contribution < -0.4 is 10.6 Å². The number of nitrogens with zero attached hydrogens (tertiary/aromatic N) is 2. The van der Waals surface area contributed by atoms with Gasteiger partial charge in [0, 0.05) is 30.6 Å². The molecule has 1 saturated carbocycles. The second-order valence-electron chi connectivity index (χ2n) is 5.85. The summed E-state index contributed by atoms with van der Waals surface area (Å²) in [6, 6.07) is 4.06. The summed E-state index contributed by atoms with van der Waals surface area (Å²) in [4.78, 5) is 5.49. The van der Waals surface area contributed by atoms with Crippen LogP contribution in [0.2, 0.25) is 0 Å². The van der Waals surface area contributed by atoms with Crippen LogP contribution in [0.25, 0.3) is 0 Å². The van der Waals surface area contributed by atoms with Crippen molar-refractivity contribution in [3.8, 4) is 0 Å². The first-order valence-corrected chi connectivity index (χ1v) is 10.6. The van der Waals surface area contributed by atoms with E-state index in [4.69, 9.17) is 4.74 Å². The third-order valence-corrected chi connectivity index (χ3v) is 7.29. The van der Waals surface area contributed by atoms with Gasteiger partial charge in [-0.3, -0.25) is 0 Å². The zero-order chi connectivity index (χ0) is 17.0. The van der Waals surface area contributed by atoms with Crippen LogP contribution in [-0.2, 0) is 21.3 Å². The number of ether oxygens (including phenoxy) is 1. The maximum atomic E-state index is 12.6. The largest absolute Gasteiger partial charge is 0.379 e. The van der Waals surface area contributed by atoms with Gasteiger partial charge in [-0.05, 0) is 31.9 Å². The molecular formula is C15H24N4O3S2. The monoisotopic (exact) mass is 372 g/mol. The molecule has 9 heteroatoms. The summed E-state index contributed by atoms with van der Waals surface area (Å²) in [5.74, 6) is 0.797. The molecule has 1 aromatic rings. The number of nitrogens with one attached hydrogen (secondary N) is 2. The molecule has 1 aliphatic carbocycles. The van der Waals surface area contributed by atoms with Gasteiger partial charge >= 0.3 is 0 Å². The van der Waals surface area contributed by atoms with Crippen molar-refractivity contribution in [1.29, 1.82) is 0 Å². The van der Waals surface area contributed by atoms with Crippen LogP contribution in [-0.4, -0.2) is 57.6 Å². The van der Waals surface area contributed by atoms with E-state index in [0.29, 0.717) is 43.1 Å². The van der Waals surface area contributed by atoms with Crippen molar-refractivity contribution in [3.05, 3.63) is 17.0 Å². The van der Waals surface area contributed by atoms with Gasteiger partial charge in [-0.1, -0.05) is 0 Å². The Hall–Kier alpha value is -1.16. The number of hydrogen-bond acceptors (Lipinski definition) is 5. The van der Waals surface area contributed by atoms with E-state index in [1.165, 1.54) is 28.5 Å². The quantitative estimate of drug-likeness (QED) is 0.575. The highest BCUT2D eigenvalue weighted by molar-refractivity contribution is 7.91. The summed E-state index contributed by atoms with van der Waals surface area (Å²) in [6.07, 6.45) is 2.37. The van der Waals surface area contributed by atoms with E-state index in [9.17, 15) is 8.42 Å². The predicted octanol–water partition coefficient (Wildman–Crippen LogP) is 0.987. The molecule has 2 fully saturated rings. The molecule has 1 aliphatic heterocycles. The van der Waals surface area contributed by atoms with Gasteiger partial charge in [-0.25, -0.2) is 13.4 Å². The Labute approximate surface area is 147 Å². The zero-order valence-electron chi connectivity index (χ0n) is 13.8. The lowest BCUT2D eigenvalue weighted by Gasteiger charge is -2.25. The summed E-state index contributed by atoms with van der Waals surface area (Å²) in [6.45, 7) is 5.07. The van der Waals surface area contributed by atoms with Crippen LogP contribution in [0.15, 0.2) is 21.3 Å². The van der Waals surface area contributed by atoms with Crippen LogP contribution in [0.4, 0.5) is 0 Å². The highest BCUT2D eigenvalue weighted by atomic mass is 32.2. The van der Waals surface area contributed by atoms with E-state index in [2.05, 4.69) is 15.6 Å². The minimum absolute atomic E-state index is 0.384. The van der Waals surface area contributed by atoms with E-state index in [-0.39, 0.29) is 0 Å². The van der Waals surface area contributed by atoms with Crippen molar-refractivity contribution in [1.82, 2.24) is 14.9 Å². The molecule has 1 saturated heterocycles. The summed E-state index contributed by atoms with van der Waals surface area (Å²) >= 11 is 1.29. The Kier molecular flexibility index (Phi) is 5.75. The lowest BCUT2D eigenvalue weighted by molar-refractivity contribution is 0.0731. The smallest absolute Gasteiger partial charge is 0.252 e. The Morgan fingerprint density at radius 2 is 2.12 bits per heavy atom. The van der Waals surface area contributed by atoms with Gasteiger partial charge in [-0.15, -0.1) is 11.3 Å². The molecule has 2 heterocycles. The fourth-order valence-electron chi connectivity index (χ4n) is 2.39. The van der Waals surface area contributed by atoms with Crippen LogP contribution in [0.5, 0.6) is 0 Å². The third-order valence-electron chi connectivity index (χ3n) is 3.86. The zero-order valence-corrected chi connectivity index (χ0v) is 15.5. The van der Waals surface area contributed by atoms with Crippen molar-refractivity contribution in [2.45, 2.75) is 36.6 Å². The van der Waals surface area contributed by atoms with E-state index < -0.39 is 10.0 Å². The average Bonchev–Trinajstić information content (AvgIpc) is 3.27. The molecule has 0 spiro atoms. The van der Waals surface area contributed by atoms with Crippen LogP contribution in [0.3, 0.4) is 0 Å². The van der Waals surface area contributed by atoms with E-state index in [0.717, 1.165) is 17.4 Å².